The third-order valence-corrected chi connectivity index (χ3v) is 7.68. The maximum absolute atomic E-state index is 11.9. The van der Waals surface area contributed by atoms with Gasteiger partial charge in [-0.05, 0) is 49.1 Å². The lowest BCUT2D eigenvalue weighted by Crippen LogP contribution is -2.61. The molecule has 1 amide bonds. The van der Waals surface area contributed by atoms with Crippen molar-refractivity contribution in [2.45, 2.75) is 19.8 Å². The van der Waals surface area contributed by atoms with Crippen LogP contribution in [0, 0.1) is 18.9 Å². The van der Waals surface area contributed by atoms with Crippen molar-refractivity contribution in [3.05, 3.63) is 59.1 Å². The van der Waals surface area contributed by atoms with Crippen molar-refractivity contribution >= 4 is 39.8 Å². The van der Waals surface area contributed by atoms with Crippen molar-refractivity contribution in [1.82, 2.24) is 15.1 Å². The number of benzene rings is 2. The van der Waals surface area contributed by atoms with Crippen molar-refractivity contribution < 1.29 is 9.53 Å². The van der Waals surface area contributed by atoms with Crippen molar-refractivity contribution in [2.75, 3.05) is 38.2 Å². The molecular formula is C26H26ClN5O2. The van der Waals surface area contributed by atoms with E-state index in [2.05, 4.69) is 26.5 Å². The third-order valence-electron chi connectivity index (χ3n) is 7.30. The van der Waals surface area contributed by atoms with E-state index in [4.69, 9.17) is 22.9 Å². The number of piperidine rings is 1. The number of fused-ring (bicyclic) bond motifs is 1. The largest absolute Gasteiger partial charge is 0.495 e. The third kappa shape index (κ3) is 3.41. The van der Waals surface area contributed by atoms with Crippen molar-refractivity contribution in [2.24, 2.45) is 5.41 Å². The second-order valence-electron chi connectivity index (χ2n) is 9.22. The normalized spacial score (nSPS) is 16.9. The van der Waals surface area contributed by atoms with Gasteiger partial charge in [0, 0.05) is 48.2 Å². The van der Waals surface area contributed by atoms with Gasteiger partial charge in [0.05, 0.1) is 30.4 Å². The van der Waals surface area contributed by atoms with E-state index in [1.165, 1.54) is 6.08 Å². The standard InChI is InChI=1S/C26H26ClN5O2/c1-5-21(33)32-14-26(15-32)8-10-31(11-9-26)19-12-20(34-4)24(27)23(25(19)28-3)22-16(2)6-7-18-17(22)13-29-30-18/h5-7,12-13H,1,8-11,14-15H2,2,4H3,(H,29,30). The minimum Gasteiger partial charge on any atom is -0.495 e. The van der Waals surface area contributed by atoms with Crippen LogP contribution in [0.2, 0.25) is 5.02 Å². The maximum atomic E-state index is 11.9. The molecule has 2 aliphatic rings. The number of rotatable bonds is 4. The van der Waals surface area contributed by atoms with Crippen LogP contribution in [0.3, 0.4) is 0 Å². The molecule has 2 fully saturated rings. The summed E-state index contributed by atoms with van der Waals surface area (Å²) in [7, 11) is 1.60. The van der Waals surface area contributed by atoms with E-state index in [1.807, 2.05) is 30.0 Å². The number of nitrogens with one attached hydrogen (secondary N) is 1. The summed E-state index contributed by atoms with van der Waals surface area (Å²) in [6.45, 7) is 16.9. The van der Waals surface area contributed by atoms with Gasteiger partial charge in [-0.25, -0.2) is 4.85 Å². The minimum absolute atomic E-state index is 0.000724. The SMILES string of the molecule is [C-]#[N+]c1c(N2CCC3(CC2)CN(C(=O)C=C)C3)cc(OC)c(Cl)c1-c1c(C)ccc2[nH]ncc12. The fourth-order valence-corrected chi connectivity index (χ4v) is 5.70. The van der Waals surface area contributed by atoms with E-state index in [-0.39, 0.29) is 11.3 Å². The molecule has 2 saturated heterocycles. The van der Waals surface area contributed by atoms with Gasteiger partial charge < -0.3 is 14.5 Å². The van der Waals surface area contributed by atoms with Gasteiger partial charge >= 0.3 is 0 Å². The summed E-state index contributed by atoms with van der Waals surface area (Å²) in [5.74, 6) is 0.546. The van der Waals surface area contributed by atoms with Crippen molar-refractivity contribution in [3.8, 4) is 16.9 Å². The first-order valence-corrected chi connectivity index (χ1v) is 11.7. The molecule has 1 aromatic heterocycles. The molecule has 3 heterocycles. The molecule has 1 spiro atoms. The molecule has 3 aromatic rings. The molecule has 0 unspecified atom stereocenters. The molecule has 34 heavy (non-hydrogen) atoms. The van der Waals surface area contributed by atoms with Gasteiger partial charge in [-0.15, -0.1) is 0 Å². The zero-order chi connectivity index (χ0) is 24.0. The highest BCUT2D eigenvalue weighted by Gasteiger charge is 2.46. The second-order valence-corrected chi connectivity index (χ2v) is 9.60. The quantitative estimate of drug-likeness (QED) is 0.407. The lowest BCUT2D eigenvalue weighted by Gasteiger charge is -2.54. The van der Waals surface area contributed by atoms with Gasteiger partial charge in [-0.1, -0.05) is 24.2 Å². The molecule has 0 radical (unpaired) electrons. The highest BCUT2D eigenvalue weighted by atomic mass is 35.5. The Morgan fingerprint density at radius 3 is 2.71 bits per heavy atom. The minimum atomic E-state index is -0.000724. The smallest absolute Gasteiger partial charge is 0.245 e. The number of aryl methyl sites for hydroxylation is 1. The molecular weight excluding hydrogens is 450 g/mol. The molecule has 8 heteroatoms. The van der Waals surface area contributed by atoms with Crippen LogP contribution in [-0.4, -0.2) is 54.3 Å². The Balaban J connectivity index is 1.55. The first-order valence-electron chi connectivity index (χ1n) is 11.3. The van der Waals surface area contributed by atoms with Gasteiger partial charge in [0.15, 0.2) is 0 Å². The van der Waals surface area contributed by atoms with Gasteiger partial charge in [0.1, 0.15) is 5.75 Å². The Morgan fingerprint density at radius 2 is 2.06 bits per heavy atom. The highest BCUT2D eigenvalue weighted by Crippen LogP contribution is 2.52. The van der Waals surface area contributed by atoms with Gasteiger partial charge in [0.25, 0.3) is 0 Å². The number of likely N-dealkylation sites (tertiary alicyclic amines) is 1. The summed E-state index contributed by atoms with van der Waals surface area (Å²) in [4.78, 5) is 20.0. The number of aromatic nitrogens is 2. The number of carbonyl (C=O) groups is 1. The molecule has 0 aliphatic carbocycles. The number of nitrogens with zero attached hydrogens (tertiary/aromatic N) is 4. The number of amides is 1. The van der Waals surface area contributed by atoms with Gasteiger partial charge in [0.2, 0.25) is 11.6 Å². The van der Waals surface area contributed by atoms with Crippen LogP contribution in [0.1, 0.15) is 18.4 Å². The number of aromatic amines is 1. The number of methoxy groups -OCH3 is 1. The molecule has 0 bridgehead atoms. The van der Waals surface area contributed by atoms with Crippen LogP contribution in [-0.2, 0) is 4.79 Å². The van der Waals surface area contributed by atoms with Gasteiger partial charge in [-0.2, -0.15) is 5.10 Å². The number of ether oxygens (including phenoxy) is 1. The number of anilines is 1. The monoisotopic (exact) mass is 475 g/mol. The van der Waals surface area contributed by atoms with E-state index in [1.54, 1.807) is 13.3 Å². The molecule has 5 rings (SSSR count). The van der Waals surface area contributed by atoms with E-state index < -0.39 is 0 Å². The Bertz CT molecular complexity index is 1340. The predicted octanol–water partition coefficient (Wildman–Crippen LogP) is 5.37. The lowest BCUT2D eigenvalue weighted by atomic mass is 9.72. The first kappa shape index (κ1) is 22.3. The summed E-state index contributed by atoms with van der Waals surface area (Å²) in [6, 6.07) is 5.88. The zero-order valence-electron chi connectivity index (χ0n) is 19.3. The Hall–Kier alpha value is -3.50. The first-order chi connectivity index (χ1) is 16.4. The average Bonchev–Trinajstić information content (AvgIpc) is 3.31. The van der Waals surface area contributed by atoms with Crippen LogP contribution in [0.4, 0.5) is 11.4 Å². The van der Waals surface area contributed by atoms with Crippen LogP contribution in [0.25, 0.3) is 26.9 Å². The summed E-state index contributed by atoms with van der Waals surface area (Å²) in [5, 5.41) is 8.57. The maximum Gasteiger partial charge on any atom is 0.245 e. The Kier molecular flexibility index (Phi) is 5.49. The second kappa shape index (κ2) is 8.37. The van der Waals surface area contributed by atoms with Crippen molar-refractivity contribution in [1.29, 1.82) is 0 Å². The number of hydrogen-bond donors (Lipinski definition) is 1. The number of carbonyl (C=O) groups excluding carboxylic acids is 1. The summed E-state index contributed by atoms with van der Waals surface area (Å²) >= 11 is 6.85. The zero-order valence-corrected chi connectivity index (χ0v) is 20.1. The lowest BCUT2D eigenvalue weighted by molar-refractivity contribution is -0.139. The van der Waals surface area contributed by atoms with Crippen molar-refractivity contribution in [3.63, 3.8) is 0 Å². The van der Waals surface area contributed by atoms with Crippen LogP contribution in [0.15, 0.2) is 37.1 Å². The topological polar surface area (TPSA) is 65.8 Å². The van der Waals surface area contributed by atoms with E-state index in [0.29, 0.717) is 22.0 Å². The average molecular weight is 476 g/mol. The highest BCUT2D eigenvalue weighted by molar-refractivity contribution is 6.36. The molecule has 1 N–H and O–H groups in total. The Morgan fingerprint density at radius 1 is 1.32 bits per heavy atom. The van der Waals surface area contributed by atoms with E-state index >= 15 is 0 Å². The summed E-state index contributed by atoms with van der Waals surface area (Å²) in [5.41, 5.74) is 5.00. The van der Waals surface area contributed by atoms with Crippen LogP contribution < -0.4 is 9.64 Å². The predicted molar refractivity (Wildman–Crippen MR) is 135 cm³/mol. The van der Waals surface area contributed by atoms with Crippen LogP contribution >= 0.6 is 11.6 Å². The van der Waals surface area contributed by atoms with Crippen LogP contribution in [0.5, 0.6) is 5.75 Å². The molecule has 174 valence electrons. The number of halogens is 1. The Labute approximate surface area is 203 Å². The molecule has 0 saturated carbocycles. The number of H-pyrrole nitrogens is 1. The summed E-state index contributed by atoms with van der Waals surface area (Å²) in [6.07, 6.45) is 5.08. The van der Waals surface area contributed by atoms with E-state index in [9.17, 15) is 4.79 Å². The fourth-order valence-electron chi connectivity index (χ4n) is 5.39. The molecule has 0 atom stereocenters. The molecule has 2 aliphatic heterocycles. The summed E-state index contributed by atoms with van der Waals surface area (Å²) < 4.78 is 5.66. The van der Waals surface area contributed by atoms with Gasteiger partial charge in [-0.3, -0.25) is 9.89 Å². The molecule has 2 aromatic carbocycles. The number of hydrogen-bond acceptors (Lipinski definition) is 4. The van der Waals surface area contributed by atoms with E-state index in [0.717, 1.165) is 66.7 Å². The fraction of sp³-hybridized carbons (Fsp3) is 0.346. The molecule has 7 nitrogen and oxygen atoms in total.